The fourth-order valence-corrected chi connectivity index (χ4v) is 12.5. The van der Waals surface area contributed by atoms with Gasteiger partial charge in [-0.1, -0.05) is 25.1 Å². The number of fused-ring (bicyclic) bond motifs is 5. The highest BCUT2D eigenvalue weighted by atomic mass is 19.1. The molecule has 5 fully saturated rings. The van der Waals surface area contributed by atoms with E-state index in [1.165, 1.54) is 12.1 Å². The highest BCUT2D eigenvalue weighted by Gasteiger charge is 2.57. The van der Waals surface area contributed by atoms with Crippen LogP contribution in [-0.4, -0.2) is 135 Å². The summed E-state index contributed by atoms with van der Waals surface area (Å²) in [5.41, 5.74) is 2.05. The molecule has 0 N–H and O–H groups in total. The van der Waals surface area contributed by atoms with Gasteiger partial charge in [-0.05, 0) is 139 Å². The summed E-state index contributed by atoms with van der Waals surface area (Å²) in [6.07, 6.45) is 7.54. The van der Waals surface area contributed by atoms with Crippen molar-refractivity contribution in [2.45, 2.75) is 165 Å². The lowest BCUT2D eigenvalue weighted by atomic mass is 9.64. The van der Waals surface area contributed by atoms with Crippen molar-refractivity contribution in [3.8, 4) is 11.3 Å². The Morgan fingerprint density at radius 3 is 2.31 bits per heavy atom. The molecule has 4 unspecified atom stereocenters. The fourth-order valence-electron chi connectivity index (χ4n) is 12.5. The van der Waals surface area contributed by atoms with Crippen LogP contribution in [0.3, 0.4) is 0 Å². The maximum Gasteiger partial charge on any atom is 0.306 e. The fraction of sp³-hybridized carbons (Fsp3) is 0.755. The molecule has 0 spiro atoms. The topological polar surface area (TPSA) is 142 Å². The maximum atomic E-state index is 15.3. The Morgan fingerprint density at radius 1 is 0.875 bits per heavy atom. The number of halogens is 1. The largest absolute Gasteiger partial charge is 0.462 e. The third-order valence-corrected chi connectivity index (χ3v) is 15.7. The number of benzene rings is 1. The first kappa shape index (κ1) is 47.3. The Morgan fingerprint density at radius 2 is 1.62 bits per heavy atom. The molecule has 0 radical (unpaired) electrons. The van der Waals surface area contributed by atoms with Gasteiger partial charge >= 0.3 is 5.97 Å². The van der Waals surface area contributed by atoms with Gasteiger partial charge in [0, 0.05) is 44.8 Å². The van der Waals surface area contributed by atoms with Crippen LogP contribution in [0.2, 0.25) is 0 Å². The maximum absolute atomic E-state index is 15.3. The van der Waals surface area contributed by atoms with Gasteiger partial charge in [0.2, 0.25) is 0 Å². The molecule has 1 aromatic carbocycles. The summed E-state index contributed by atoms with van der Waals surface area (Å²) in [5, 5.41) is 9.30. The van der Waals surface area contributed by atoms with Crippen LogP contribution >= 0.6 is 0 Å². The molecule has 64 heavy (non-hydrogen) atoms. The number of aromatic nitrogens is 3. The minimum atomic E-state index is -0.677. The molecule has 14 nitrogen and oxygen atoms in total. The van der Waals surface area contributed by atoms with Crippen molar-refractivity contribution in [3.63, 3.8) is 0 Å². The molecule has 15 heteroatoms. The summed E-state index contributed by atoms with van der Waals surface area (Å²) in [7, 11) is 9.09. The zero-order chi connectivity index (χ0) is 45.4. The van der Waals surface area contributed by atoms with E-state index in [0.29, 0.717) is 36.6 Å². The lowest BCUT2D eigenvalue weighted by Crippen LogP contribution is -2.59. The summed E-state index contributed by atoms with van der Waals surface area (Å²) in [4.78, 5) is 31.6. The number of cyclic esters (lactones) is 1. The van der Waals surface area contributed by atoms with Crippen molar-refractivity contribution < 1.29 is 51.9 Å². The minimum absolute atomic E-state index is 0.0114. The number of hydrogen-bond donors (Lipinski definition) is 0. The summed E-state index contributed by atoms with van der Waals surface area (Å²) >= 11 is 0. The number of esters is 1. The highest BCUT2D eigenvalue weighted by molar-refractivity contribution is 5.99. The highest BCUT2D eigenvalue weighted by Crippen LogP contribution is 2.60. The van der Waals surface area contributed by atoms with Gasteiger partial charge in [-0.3, -0.25) is 9.59 Å². The molecule has 2 aromatic rings. The lowest BCUT2D eigenvalue weighted by Gasteiger charge is -2.44. The smallest absolute Gasteiger partial charge is 0.306 e. The number of ether oxygens (including phenoxy) is 8. The molecule has 0 bridgehead atoms. The molecule has 18 atom stereocenters. The van der Waals surface area contributed by atoms with Crippen molar-refractivity contribution in [1.29, 1.82) is 0 Å². The lowest BCUT2D eigenvalue weighted by molar-refractivity contribution is -0.314. The van der Waals surface area contributed by atoms with Crippen LogP contribution in [0, 0.1) is 41.3 Å². The molecular formula is C49H71FN4O10. The average molecular weight is 895 g/mol. The molecular weight excluding hydrogens is 824 g/mol. The Bertz CT molecular complexity index is 1930. The Balaban J connectivity index is 1.13. The van der Waals surface area contributed by atoms with E-state index in [0.717, 1.165) is 44.1 Å². The number of allylic oxidation sites excluding steroid dienone is 2. The predicted octanol–water partition coefficient (Wildman–Crippen LogP) is 6.96. The standard InChI is InChI=1S/C49H71FN4O10/c1-10-32-12-11-13-41(64-43-19-18-39(53(5)6)27(3)60-43)26(2)45(56)37-23-35-34-22-33(63-49-48(59-9)47(58-8)46(57-7)28(4)61-49)20-30(34)21-40(44(35)36(37)24-42(55)62-32)54-25-38(51-52-54)29-14-16-31(50)17-15-29/h14-17,23,25-28,30,32-36,39-41,43-44,46-49H,10-13,18-22,24H2,1-9H3/t26-,27?,28?,30+,32+,33-,34-,35+,36-,39+,40-,41+,43+,44-,46+,47?,48?,49+/m1/s1. The Labute approximate surface area is 378 Å². The van der Waals surface area contributed by atoms with Crippen molar-refractivity contribution in [1.82, 2.24) is 19.9 Å². The van der Waals surface area contributed by atoms with Crippen LogP contribution in [-0.2, 0) is 47.5 Å². The number of likely N-dealkylation sites (N-methyl/N-ethyl adjacent to an activating group) is 1. The number of carbonyl (C=O) groups is 2. The van der Waals surface area contributed by atoms with E-state index in [1.807, 2.05) is 24.7 Å². The first-order valence-electron chi connectivity index (χ1n) is 23.8. The van der Waals surface area contributed by atoms with Crippen LogP contribution < -0.4 is 0 Å². The minimum Gasteiger partial charge on any atom is -0.462 e. The number of methoxy groups -OCH3 is 3. The summed E-state index contributed by atoms with van der Waals surface area (Å²) < 4.78 is 66.3. The number of nitrogens with zero attached hydrogens (tertiary/aromatic N) is 4. The molecule has 0 amide bonds. The Kier molecular flexibility index (Phi) is 15.1. The van der Waals surface area contributed by atoms with Crippen molar-refractivity contribution >= 4 is 11.8 Å². The molecule has 3 aliphatic heterocycles. The van der Waals surface area contributed by atoms with Gasteiger partial charge < -0.3 is 42.8 Å². The third-order valence-electron chi connectivity index (χ3n) is 15.7. The molecule has 3 saturated heterocycles. The summed E-state index contributed by atoms with van der Waals surface area (Å²) in [6, 6.07) is 6.33. The monoisotopic (exact) mass is 895 g/mol. The van der Waals surface area contributed by atoms with Gasteiger partial charge in [0.05, 0.1) is 43.1 Å². The number of ketones is 1. The zero-order valence-corrected chi connectivity index (χ0v) is 39.2. The van der Waals surface area contributed by atoms with E-state index >= 15 is 4.79 Å². The molecule has 3 aliphatic carbocycles. The van der Waals surface area contributed by atoms with Crippen LogP contribution in [0.15, 0.2) is 42.1 Å². The SMILES string of the molecule is CC[C@H]1CCC[C@H](O[C@H]2CC[C@H](N(C)C)C(C)O2)[C@@H](C)C(=O)C2=C[C@H]3[C@@H]4C[C@H](O[C@@H]5OC(C)[C@H](OC)C(OC)C5OC)C[C@H]4C[C@@H](n4cc(-c5ccc(F)cc5)nn4)[C@H]3[C@@H]2CC(=O)O1. The van der Waals surface area contributed by atoms with E-state index in [9.17, 15) is 9.18 Å². The van der Waals surface area contributed by atoms with Gasteiger partial charge in [-0.25, -0.2) is 9.07 Å². The van der Waals surface area contributed by atoms with E-state index in [-0.39, 0.29) is 90.3 Å². The number of carbonyl (C=O) groups excluding carboxylic acids is 2. The second kappa shape index (κ2) is 20.4. The van der Waals surface area contributed by atoms with E-state index in [1.54, 1.807) is 33.5 Å². The summed E-state index contributed by atoms with van der Waals surface area (Å²) in [5.74, 6) is -1.35. The van der Waals surface area contributed by atoms with E-state index in [2.05, 4.69) is 44.0 Å². The van der Waals surface area contributed by atoms with Crippen molar-refractivity contribution in [2.24, 2.45) is 35.5 Å². The zero-order valence-electron chi connectivity index (χ0n) is 39.2. The van der Waals surface area contributed by atoms with Gasteiger partial charge in [-0.2, -0.15) is 0 Å². The van der Waals surface area contributed by atoms with E-state index in [4.69, 9.17) is 43.1 Å². The van der Waals surface area contributed by atoms with Gasteiger partial charge in [-0.15, -0.1) is 5.10 Å². The van der Waals surface area contributed by atoms with E-state index < -0.39 is 36.6 Å². The summed E-state index contributed by atoms with van der Waals surface area (Å²) in [6.45, 7) is 8.10. The third kappa shape index (κ3) is 9.65. The van der Waals surface area contributed by atoms with Crippen molar-refractivity contribution in [3.05, 3.63) is 47.9 Å². The van der Waals surface area contributed by atoms with Crippen molar-refractivity contribution in [2.75, 3.05) is 35.4 Å². The van der Waals surface area contributed by atoms with Crippen LogP contribution in [0.4, 0.5) is 4.39 Å². The number of rotatable bonds is 11. The van der Waals surface area contributed by atoms with Gasteiger partial charge in [0.25, 0.3) is 0 Å². The molecule has 2 saturated carbocycles. The van der Waals surface area contributed by atoms with Crippen LogP contribution in [0.1, 0.15) is 97.9 Å². The normalized spacial score (nSPS) is 40.8. The Hall–Kier alpha value is -3.15. The number of hydrogen-bond acceptors (Lipinski definition) is 13. The van der Waals surface area contributed by atoms with Crippen LogP contribution in [0.5, 0.6) is 0 Å². The molecule has 354 valence electrons. The van der Waals surface area contributed by atoms with Gasteiger partial charge in [0.1, 0.15) is 35.9 Å². The molecule has 8 rings (SSSR count). The molecule has 6 aliphatic rings. The first-order valence-corrected chi connectivity index (χ1v) is 23.8. The number of Topliss-reactive ketones (excluding diaryl/α,β-unsaturated/α-hetero) is 1. The quantitative estimate of drug-likeness (QED) is 0.215. The predicted molar refractivity (Wildman–Crippen MR) is 234 cm³/mol. The van der Waals surface area contributed by atoms with Gasteiger partial charge in [0.15, 0.2) is 18.4 Å². The van der Waals surface area contributed by atoms with Crippen LogP contribution in [0.25, 0.3) is 11.3 Å². The first-order chi connectivity index (χ1) is 30.8. The second-order valence-corrected chi connectivity index (χ2v) is 19.6. The molecule has 1 aromatic heterocycles. The average Bonchev–Trinajstić information content (AvgIpc) is 4.02. The second-order valence-electron chi connectivity index (χ2n) is 19.6. The molecule has 4 heterocycles.